The molecule has 0 aromatic heterocycles. The van der Waals surface area contributed by atoms with Gasteiger partial charge in [0.05, 0.1) is 5.56 Å². The van der Waals surface area contributed by atoms with Crippen molar-refractivity contribution in [2.24, 2.45) is 0 Å². The number of benzene rings is 3. The first kappa shape index (κ1) is 14.1. The molecule has 3 aromatic rings. The Hall–Kier alpha value is -2.87. The van der Waals surface area contributed by atoms with E-state index in [-0.39, 0.29) is 0 Å². The van der Waals surface area contributed by atoms with E-state index >= 15 is 0 Å². The Bertz CT molecular complexity index is 749. The highest BCUT2D eigenvalue weighted by Gasteiger charge is 2.10. The van der Waals surface area contributed by atoms with Gasteiger partial charge in [-0.25, -0.2) is 0 Å². The third-order valence-corrected chi connectivity index (χ3v) is 3.51. The molecule has 0 aliphatic carbocycles. The SMILES string of the molecule is O=Cc1c(OCc2ccccc2)cccc1-c1ccccc1. The molecule has 2 heteroatoms. The highest BCUT2D eigenvalue weighted by Crippen LogP contribution is 2.29. The van der Waals surface area contributed by atoms with Gasteiger partial charge in [0.25, 0.3) is 0 Å². The van der Waals surface area contributed by atoms with E-state index in [1.807, 2.05) is 78.9 Å². The predicted octanol–water partition coefficient (Wildman–Crippen LogP) is 4.75. The van der Waals surface area contributed by atoms with Crippen LogP contribution in [0.1, 0.15) is 15.9 Å². The van der Waals surface area contributed by atoms with Crippen molar-refractivity contribution in [2.75, 3.05) is 0 Å². The minimum atomic E-state index is 0.444. The second-order valence-electron chi connectivity index (χ2n) is 4.98. The number of aldehydes is 1. The van der Waals surface area contributed by atoms with Crippen molar-refractivity contribution in [1.82, 2.24) is 0 Å². The van der Waals surface area contributed by atoms with Crippen molar-refractivity contribution in [1.29, 1.82) is 0 Å². The topological polar surface area (TPSA) is 26.3 Å². The number of carbonyl (C=O) groups is 1. The van der Waals surface area contributed by atoms with E-state index < -0.39 is 0 Å². The Morgan fingerprint density at radius 3 is 2.14 bits per heavy atom. The highest BCUT2D eigenvalue weighted by atomic mass is 16.5. The van der Waals surface area contributed by atoms with Crippen LogP contribution in [0.2, 0.25) is 0 Å². The molecule has 0 saturated heterocycles. The molecule has 0 aliphatic rings. The molecule has 0 spiro atoms. The maximum Gasteiger partial charge on any atom is 0.154 e. The van der Waals surface area contributed by atoms with E-state index in [0.29, 0.717) is 17.9 Å². The van der Waals surface area contributed by atoms with Crippen LogP contribution < -0.4 is 4.74 Å². The average molecular weight is 288 g/mol. The third-order valence-electron chi connectivity index (χ3n) is 3.51. The van der Waals surface area contributed by atoms with Gasteiger partial charge in [0.1, 0.15) is 12.4 Å². The van der Waals surface area contributed by atoms with Crippen LogP contribution in [0.3, 0.4) is 0 Å². The van der Waals surface area contributed by atoms with E-state index in [1.54, 1.807) is 0 Å². The minimum Gasteiger partial charge on any atom is -0.488 e. The van der Waals surface area contributed by atoms with Crippen LogP contribution in [0.25, 0.3) is 11.1 Å². The molecule has 0 unspecified atom stereocenters. The fourth-order valence-electron chi connectivity index (χ4n) is 2.40. The molecule has 0 amide bonds. The Morgan fingerprint density at radius 1 is 0.773 bits per heavy atom. The largest absolute Gasteiger partial charge is 0.488 e. The Labute approximate surface area is 130 Å². The van der Waals surface area contributed by atoms with Crippen LogP contribution in [0, 0.1) is 0 Å². The number of ether oxygens (including phenoxy) is 1. The highest BCUT2D eigenvalue weighted by molar-refractivity contribution is 5.91. The van der Waals surface area contributed by atoms with Gasteiger partial charge in [-0.05, 0) is 22.8 Å². The molecule has 3 rings (SSSR count). The first-order chi connectivity index (χ1) is 10.9. The third kappa shape index (κ3) is 3.07. The lowest BCUT2D eigenvalue weighted by Gasteiger charge is -2.12. The van der Waals surface area contributed by atoms with Gasteiger partial charge in [-0.2, -0.15) is 0 Å². The Morgan fingerprint density at radius 2 is 1.45 bits per heavy atom. The summed E-state index contributed by atoms with van der Waals surface area (Å²) in [6.45, 7) is 0.444. The van der Waals surface area contributed by atoms with Crippen LogP contribution in [0.4, 0.5) is 0 Å². The normalized spacial score (nSPS) is 10.2. The molecule has 0 N–H and O–H groups in total. The van der Waals surface area contributed by atoms with Gasteiger partial charge >= 0.3 is 0 Å². The van der Waals surface area contributed by atoms with Gasteiger partial charge in [-0.1, -0.05) is 72.8 Å². The van der Waals surface area contributed by atoms with Crippen molar-refractivity contribution in [3.8, 4) is 16.9 Å². The molecule has 0 atom stereocenters. The van der Waals surface area contributed by atoms with Crippen molar-refractivity contribution >= 4 is 6.29 Å². The van der Waals surface area contributed by atoms with Crippen LogP contribution in [0.5, 0.6) is 5.75 Å². The summed E-state index contributed by atoms with van der Waals surface area (Å²) < 4.78 is 5.84. The van der Waals surface area contributed by atoms with E-state index in [0.717, 1.165) is 23.0 Å². The van der Waals surface area contributed by atoms with Crippen LogP contribution in [-0.2, 0) is 6.61 Å². The van der Waals surface area contributed by atoms with Gasteiger partial charge in [0, 0.05) is 0 Å². The molecular weight excluding hydrogens is 272 g/mol. The van der Waals surface area contributed by atoms with Gasteiger partial charge in [0.2, 0.25) is 0 Å². The second-order valence-corrected chi connectivity index (χ2v) is 4.98. The average Bonchev–Trinajstić information content (AvgIpc) is 2.61. The first-order valence-corrected chi connectivity index (χ1v) is 7.19. The van der Waals surface area contributed by atoms with E-state index in [1.165, 1.54) is 0 Å². The molecule has 0 aliphatic heterocycles. The fourth-order valence-corrected chi connectivity index (χ4v) is 2.40. The molecule has 0 heterocycles. The maximum absolute atomic E-state index is 11.6. The Balaban J connectivity index is 1.90. The summed E-state index contributed by atoms with van der Waals surface area (Å²) in [5.74, 6) is 0.611. The van der Waals surface area contributed by atoms with Crippen LogP contribution in [-0.4, -0.2) is 6.29 Å². The molecule has 0 saturated carbocycles. The zero-order valence-electron chi connectivity index (χ0n) is 12.1. The summed E-state index contributed by atoms with van der Waals surface area (Å²) in [5, 5.41) is 0. The molecule has 3 aromatic carbocycles. The zero-order chi connectivity index (χ0) is 15.2. The predicted molar refractivity (Wildman–Crippen MR) is 88.0 cm³/mol. The van der Waals surface area contributed by atoms with Crippen molar-refractivity contribution < 1.29 is 9.53 Å². The summed E-state index contributed by atoms with van der Waals surface area (Å²) in [7, 11) is 0. The quantitative estimate of drug-likeness (QED) is 0.634. The van der Waals surface area contributed by atoms with Crippen LogP contribution >= 0.6 is 0 Å². The summed E-state index contributed by atoms with van der Waals surface area (Å²) in [5.41, 5.74) is 3.56. The minimum absolute atomic E-state index is 0.444. The molecule has 108 valence electrons. The van der Waals surface area contributed by atoms with Crippen molar-refractivity contribution in [2.45, 2.75) is 6.61 Å². The van der Waals surface area contributed by atoms with E-state index in [9.17, 15) is 4.79 Å². The first-order valence-electron chi connectivity index (χ1n) is 7.19. The van der Waals surface area contributed by atoms with Crippen molar-refractivity contribution in [3.05, 3.63) is 90.0 Å². The molecule has 22 heavy (non-hydrogen) atoms. The van der Waals surface area contributed by atoms with E-state index in [2.05, 4.69) is 0 Å². The summed E-state index contributed by atoms with van der Waals surface area (Å²) in [6, 6.07) is 25.5. The smallest absolute Gasteiger partial charge is 0.154 e. The molecule has 0 fully saturated rings. The number of hydrogen-bond acceptors (Lipinski definition) is 2. The lowest BCUT2D eigenvalue weighted by atomic mass is 10.00. The number of rotatable bonds is 5. The monoisotopic (exact) mass is 288 g/mol. The van der Waals surface area contributed by atoms with Gasteiger partial charge in [-0.3, -0.25) is 4.79 Å². The number of carbonyl (C=O) groups excluding carboxylic acids is 1. The molecule has 0 radical (unpaired) electrons. The van der Waals surface area contributed by atoms with Crippen LogP contribution in [0.15, 0.2) is 78.9 Å². The summed E-state index contributed by atoms with van der Waals surface area (Å²) in [4.78, 5) is 11.6. The Kier molecular flexibility index (Phi) is 4.30. The van der Waals surface area contributed by atoms with Gasteiger partial charge in [-0.15, -0.1) is 0 Å². The van der Waals surface area contributed by atoms with Gasteiger partial charge < -0.3 is 4.74 Å². The van der Waals surface area contributed by atoms with E-state index in [4.69, 9.17) is 4.74 Å². The molecule has 2 nitrogen and oxygen atoms in total. The zero-order valence-corrected chi connectivity index (χ0v) is 12.1. The molecular formula is C20H16O2. The molecule has 0 bridgehead atoms. The fraction of sp³-hybridized carbons (Fsp3) is 0.0500. The summed E-state index contributed by atoms with van der Waals surface area (Å²) in [6.07, 6.45) is 0.864. The standard InChI is InChI=1S/C20H16O2/c21-14-19-18(17-10-5-2-6-11-17)12-7-13-20(19)22-15-16-8-3-1-4-9-16/h1-14H,15H2. The van der Waals surface area contributed by atoms with Gasteiger partial charge in [0.15, 0.2) is 6.29 Å². The maximum atomic E-state index is 11.6. The lowest BCUT2D eigenvalue weighted by molar-refractivity contribution is 0.111. The van der Waals surface area contributed by atoms with Crippen molar-refractivity contribution in [3.63, 3.8) is 0 Å². The second kappa shape index (κ2) is 6.72. The lowest BCUT2D eigenvalue weighted by Crippen LogP contribution is -1.99. The summed E-state index contributed by atoms with van der Waals surface area (Å²) >= 11 is 0. The number of hydrogen-bond donors (Lipinski definition) is 0.